The molecule has 12 heteroatoms. The average Bonchev–Trinajstić information content (AvgIpc) is 2.99. The molecule has 0 fully saturated rings. The van der Waals surface area contributed by atoms with Crippen molar-refractivity contribution in [1.82, 2.24) is 8.96 Å². The Morgan fingerprint density at radius 2 is 1.83 bits per heavy atom. The number of ether oxygens (including phenoxy) is 1. The molecule has 154 valence electrons. The highest BCUT2D eigenvalue weighted by Crippen LogP contribution is 2.26. The van der Waals surface area contributed by atoms with E-state index in [1.165, 1.54) is 12.1 Å². The van der Waals surface area contributed by atoms with E-state index in [0.717, 1.165) is 34.1 Å². The van der Waals surface area contributed by atoms with Gasteiger partial charge in [-0.25, -0.2) is 17.4 Å². The lowest BCUT2D eigenvalue weighted by molar-refractivity contribution is -0.274. The fourth-order valence-corrected chi connectivity index (χ4v) is 4.57. The van der Waals surface area contributed by atoms with Crippen LogP contribution in [-0.2, 0) is 14.8 Å². The summed E-state index contributed by atoms with van der Waals surface area (Å²) in [5.74, 6) is -1.04. The number of hydrogen-bond donors (Lipinski definition) is 1. The summed E-state index contributed by atoms with van der Waals surface area (Å²) in [6.45, 7) is 0. The van der Waals surface area contributed by atoms with Gasteiger partial charge in [-0.3, -0.25) is 4.79 Å². The largest absolute Gasteiger partial charge is 0.573 e. The average molecular weight is 445 g/mol. The molecule has 0 aliphatic rings. The van der Waals surface area contributed by atoms with Gasteiger partial charge in [-0.15, -0.1) is 13.2 Å². The maximum Gasteiger partial charge on any atom is 0.573 e. The Bertz CT molecular complexity index is 1140. The van der Waals surface area contributed by atoms with Crippen LogP contribution in [0.3, 0.4) is 0 Å². The van der Waals surface area contributed by atoms with E-state index in [1.54, 1.807) is 24.3 Å². The maximum absolute atomic E-state index is 12.2. The SMILES string of the molecule is CS(=O)(=O)n1c(SCC(=O)Nc2ccc(OC(F)(F)F)cc2)nc2ccccc21. The molecule has 0 bridgehead atoms. The van der Waals surface area contributed by atoms with Gasteiger partial charge >= 0.3 is 6.36 Å². The van der Waals surface area contributed by atoms with Crippen LogP contribution in [-0.4, -0.2) is 41.7 Å². The number of carbonyl (C=O) groups excluding carboxylic acids is 1. The number of amides is 1. The third-order valence-corrected chi connectivity index (χ3v) is 5.61. The highest BCUT2D eigenvalue weighted by atomic mass is 32.2. The molecule has 0 spiro atoms. The summed E-state index contributed by atoms with van der Waals surface area (Å²) >= 11 is 0.925. The molecule has 1 heterocycles. The van der Waals surface area contributed by atoms with Gasteiger partial charge in [0.1, 0.15) is 5.75 Å². The van der Waals surface area contributed by atoms with Gasteiger partial charge in [-0.05, 0) is 36.4 Å². The molecule has 3 aromatic rings. The molecule has 1 amide bonds. The minimum Gasteiger partial charge on any atom is -0.406 e. The minimum absolute atomic E-state index is 0.137. The summed E-state index contributed by atoms with van der Waals surface area (Å²) in [5, 5.41) is 2.65. The van der Waals surface area contributed by atoms with Crippen molar-refractivity contribution in [3.8, 4) is 5.75 Å². The number of carbonyl (C=O) groups is 1. The first kappa shape index (κ1) is 21.0. The Kier molecular flexibility index (Phi) is 5.75. The molecule has 0 atom stereocenters. The number of nitrogens with one attached hydrogen (secondary N) is 1. The van der Waals surface area contributed by atoms with Gasteiger partial charge in [-0.2, -0.15) is 0 Å². The second-order valence-corrected chi connectivity index (χ2v) is 8.59. The van der Waals surface area contributed by atoms with Crippen LogP contribution in [0, 0.1) is 0 Å². The van der Waals surface area contributed by atoms with Crippen LogP contribution < -0.4 is 10.1 Å². The van der Waals surface area contributed by atoms with Crippen molar-refractivity contribution in [2.24, 2.45) is 0 Å². The van der Waals surface area contributed by atoms with E-state index in [9.17, 15) is 26.4 Å². The number of anilines is 1. The molecule has 0 radical (unpaired) electrons. The smallest absolute Gasteiger partial charge is 0.406 e. The van der Waals surface area contributed by atoms with E-state index in [0.29, 0.717) is 11.0 Å². The number of hydrogen-bond acceptors (Lipinski definition) is 6. The number of para-hydroxylation sites is 2. The number of thioether (sulfide) groups is 1. The number of imidazole rings is 1. The standard InChI is InChI=1S/C17H14F3N3O4S2/c1-29(25,26)23-14-5-3-2-4-13(14)22-16(23)28-10-15(24)21-11-6-8-12(9-7-11)27-17(18,19)20/h2-9H,10H2,1H3,(H,21,24). The molecule has 29 heavy (non-hydrogen) atoms. The second-order valence-electron chi connectivity index (χ2n) is 5.82. The van der Waals surface area contributed by atoms with Gasteiger partial charge in [0.05, 0.1) is 23.0 Å². The monoisotopic (exact) mass is 445 g/mol. The highest BCUT2D eigenvalue weighted by Gasteiger charge is 2.31. The number of benzene rings is 2. The zero-order valence-electron chi connectivity index (χ0n) is 14.8. The van der Waals surface area contributed by atoms with Crippen LogP contribution in [0.5, 0.6) is 5.75 Å². The Morgan fingerprint density at radius 3 is 2.45 bits per heavy atom. The molecule has 1 aromatic heterocycles. The molecular formula is C17H14F3N3O4S2. The predicted octanol–water partition coefficient (Wildman–Crippen LogP) is 3.47. The van der Waals surface area contributed by atoms with Crippen molar-refractivity contribution < 1.29 is 31.1 Å². The molecule has 0 unspecified atom stereocenters. The van der Waals surface area contributed by atoms with Crippen LogP contribution in [0.2, 0.25) is 0 Å². The van der Waals surface area contributed by atoms with Gasteiger partial charge in [0, 0.05) is 5.69 Å². The second kappa shape index (κ2) is 7.95. The molecule has 0 aliphatic heterocycles. The Hall–Kier alpha value is -2.73. The van der Waals surface area contributed by atoms with Crippen molar-refractivity contribution >= 4 is 44.4 Å². The van der Waals surface area contributed by atoms with Crippen LogP contribution in [0.25, 0.3) is 11.0 Å². The Labute approximate surface area is 167 Å². The van der Waals surface area contributed by atoms with Gasteiger partial charge in [0.15, 0.2) is 5.16 Å². The van der Waals surface area contributed by atoms with Crippen molar-refractivity contribution in [1.29, 1.82) is 0 Å². The third kappa shape index (κ3) is 5.41. The van der Waals surface area contributed by atoms with E-state index in [1.807, 2.05) is 0 Å². The van der Waals surface area contributed by atoms with Gasteiger partial charge in [0.2, 0.25) is 15.9 Å². The lowest BCUT2D eigenvalue weighted by Crippen LogP contribution is -2.17. The summed E-state index contributed by atoms with van der Waals surface area (Å²) < 4.78 is 65.5. The first-order valence-electron chi connectivity index (χ1n) is 7.99. The van der Waals surface area contributed by atoms with Gasteiger partial charge in [0.25, 0.3) is 0 Å². The molecule has 3 rings (SSSR count). The molecule has 1 N–H and O–H groups in total. The van der Waals surface area contributed by atoms with Crippen LogP contribution in [0.1, 0.15) is 0 Å². The van der Waals surface area contributed by atoms with E-state index >= 15 is 0 Å². The molecule has 7 nitrogen and oxygen atoms in total. The molecule has 0 saturated heterocycles. The van der Waals surface area contributed by atoms with E-state index < -0.39 is 28.0 Å². The van der Waals surface area contributed by atoms with Crippen molar-refractivity contribution in [2.45, 2.75) is 11.5 Å². The van der Waals surface area contributed by atoms with Crippen molar-refractivity contribution in [2.75, 3.05) is 17.3 Å². The number of alkyl halides is 3. The first-order chi connectivity index (χ1) is 13.5. The van der Waals surface area contributed by atoms with Crippen LogP contribution >= 0.6 is 11.8 Å². The first-order valence-corrected chi connectivity index (χ1v) is 10.8. The Morgan fingerprint density at radius 1 is 1.17 bits per heavy atom. The zero-order chi connectivity index (χ0) is 21.2. The number of halogens is 3. The summed E-state index contributed by atoms with van der Waals surface area (Å²) in [4.78, 5) is 16.4. The molecular weight excluding hydrogens is 431 g/mol. The molecule has 2 aromatic carbocycles. The van der Waals surface area contributed by atoms with Crippen LogP contribution in [0.4, 0.5) is 18.9 Å². The topological polar surface area (TPSA) is 90.3 Å². The molecule has 0 aliphatic carbocycles. The lowest BCUT2D eigenvalue weighted by atomic mass is 10.3. The Balaban J connectivity index is 1.68. The predicted molar refractivity (Wildman–Crippen MR) is 102 cm³/mol. The third-order valence-electron chi connectivity index (χ3n) is 3.53. The van der Waals surface area contributed by atoms with E-state index in [-0.39, 0.29) is 16.6 Å². The fourth-order valence-electron chi connectivity index (χ4n) is 2.46. The van der Waals surface area contributed by atoms with Crippen molar-refractivity contribution in [3.63, 3.8) is 0 Å². The minimum atomic E-state index is -4.80. The maximum atomic E-state index is 12.2. The van der Waals surface area contributed by atoms with Crippen LogP contribution in [0.15, 0.2) is 53.7 Å². The molecule has 0 saturated carbocycles. The summed E-state index contributed by atoms with van der Waals surface area (Å²) in [6.07, 6.45) is -3.76. The zero-order valence-corrected chi connectivity index (χ0v) is 16.4. The van der Waals surface area contributed by atoms with Gasteiger partial charge < -0.3 is 10.1 Å². The van der Waals surface area contributed by atoms with E-state index in [4.69, 9.17) is 0 Å². The van der Waals surface area contributed by atoms with Crippen molar-refractivity contribution in [3.05, 3.63) is 48.5 Å². The number of nitrogens with zero attached hydrogens (tertiary/aromatic N) is 2. The van der Waals surface area contributed by atoms with E-state index in [2.05, 4.69) is 15.0 Å². The summed E-state index contributed by atoms with van der Waals surface area (Å²) in [6, 6.07) is 11.3. The fraction of sp³-hybridized carbons (Fsp3) is 0.176. The normalized spacial score (nSPS) is 12.1. The number of rotatable bonds is 6. The summed E-state index contributed by atoms with van der Waals surface area (Å²) in [7, 11) is -3.65. The number of aromatic nitrogens is 2. The quantitative estimate of drug-likeness (QED) is 0.585. The van der Waals surface area contributed by atoms with Gasteiger partial charge in [-0.1, -0.05) is 23.9 Å². The lowest BCUT2D eigenvalue weighted by Gasteiger charge is -2.10. The highest BCUT2D eigenvalue weighted by molar-refractivity contribution is 8.00. The summed E-state index contributed by atoms with van der Waals surface area (Å²) in [5.41, 5.74) is 1.14. The number of fused-ring (bicyclic) bond motifs is 1.